The first-order valence-corrected chi connectivity index (χ1v) is 7.11. The summed E-state index contributed by atoms with van der Waals surface area (Å²) < 4.78 is 0. The van der Waals surface area contributed by atoms with E-state index in [1.807, 2.05) is 5.43 Å². The maximum absolute atomic E-state index is 12.1. The minimum Gasteiger partial charge on any atom is -0.326 e. The molecule has 1 aromatic carbocycles. The number of benzene rings is 1. The highest BCUT2D eigenvalue weighted by molar-refractivity contribution is 6.34. The number of hydrogen-bond donors (Lipinski definition) is 3. The Balaban J connectivity index is 2.04. The number of carbonyl (C=O) groups is 2. The van der Waals surface area contributed by atoms with Crippen LogP contribution in [0.3, 0.4) is 0 Å². The summed E-state index contributed by atoms with van der Waals surface area (Å²) in [4.78, 5) is 23.5. The van der Waals surface area contributed by atoms with Gasteiger partial charge < -0.3 is 5.32 Å². The monoisotopic (exact) mass is 295 g/mol. The molecule has 5 nitrogen and oxygen atoms in total. The largest absolute Gasteiger partial charge is 0.326 e. The summed E-state index contributed by atoms with van der Waals surface area (Å²) in [5.41, 5.74) is 2.90. The van der Waals surface area contributed by atoms with E-state index in [1.54, 1.807) is 18.2 Å². The van der Waals surface area contributed by atoms with Crippen LogP contribution < -0.4 is 16.6 Å². The van der Waals surface area contributed by atoms with E-state index in [-0.39, 0.29) is 22.4 Å². The van der Waals surface area contributed by atoms with Gasteiger partial charge in [-0.15, -0.1) is 0 Å². The van der Waals surface area contributed by atoms with Crippen LogP contribution in [0.15, 0.2) is 18.2 Å². The van der Waals surface area contributed by atoms with Gasteiger partial charge in [0.1, 0.15) is 0 Å². The summed E-state index contributed by atoms with van der Waals surface area (Å²) in [5, 5.41) is 3.11. The summed E-state index contributed by atoms with van der Waals surface area (Å²) >= 11 is 6.00. The quantitative estimate of drug-likeness (QED) is 0.455. The number of nitrogens with two attached hydrogens (primary N) is 1. The Morgan fingerprint density at radius 2 is 1.90 bits per heavy atom. The third kappa shape index (κ3) is 3.49. The number of hydrazine groups is 1. The topological polar surface area (TPSA) is 84.2 Å². The molecule has 0 saturated heterocycles. The van der Waals surface area contributed by atoms with E-state index in [9.17, 15) is 9.59 Å². The zero-order valence-corrected chi connectivity index (χ0v) is 11.9. The molecule has 1 aliphatic rings. The molecule has 0 unspecified atom stereocenters. The SMILES string of the molecule is NNC(=O)c1ccc(NC(=O)C2CCCCC2)cc1Cl. The Bertz CT molecular complexity index is 513. The molecule has 1 saturated carbocycles. The van der Waals surface area contributed by atoms with Crippen LogP contribution in [-0.2, 0) is 4.79 Å². The van der Waals surface area contributed by atoms with Crippen molar-refractivity contribution in [2.45, 2.75) is 32.1 Å². The molecule has 4 N–H and O–H groups in total. The molecule has 1 aliphatic carbocycles. The third-order valence-electron chi connectivity index (χ3n) is 3.59. The number of halogens is 1. The lowest BCUT2D eigenvalue weighted by atomic mass is 9.88. The van der Waals surface area contributed by atoms with E-state index in [2.05, 4.69) is 5.32 Å². The molecule has 20 heavy (non-hydrogen) atoms. The molecule has 0 bridgehead atoms. The van der Waals surface area contributed by atoms with Gasteiger partial charge in [-0.1, -0.05) is 30.9 Å². The van der Waals surface area contributed by atoms with Gasteiger partial charge in [-0.05, 0) is 31.0 Å². The van der Waals surface area contributed by atoms with Crippen LogP contribution >= 0.6 is 11.6 Å². The van der Waals surface area contributed by atoms with Gasteiger partial charge in [0.15, 0.2) is 0 Å². The maximum Gasteiger partial charge on any atom is 0.266 e. The Morgan fingerprint density at radius 3 is 2.50 bits per heavy atom. The van der Waals surface area contributed by atoms with E-state index >= 15 is 0 Å². The van der Waals surface area contributed by atoms with Gasteiger partial charge in [-0.2, -0.15) is 0 Å². The Labute approximate surface area is 122 Å². The summed E-state index contributed by atoms with van der Waals surface area (Å²) in [7, 11) is 0. The number of carbonyl (C=O) groups excluding carboxylic acids is 2. The minimum atomic E-state index is -0.458. The fourth-order valence-corrected chi connectivity index (χ4v) is 2.73. The zero-order chi connectivity index (χ0) is 14.5. The minimum absolute atomic E-state index is 0.0248. The van der Waals surface area contributed by atoms with Crippen molar-refractivity contribution >= 4 is 29.1 Å². The van der Waals surface area contributed by atoms with Crippen LogP contribution in [0.1, 0.15) is 42.5 Å². The number of amides is 2. The number of hydrogen-bond acceptors (Lipinski definition) is 3. The molecule has 2 rings (SSSR count). The molecular weight excluding hydrogens is 278 g/mol. The van der Waals surface area contributed by atoms with E-state index < -0.39 is 5.91 Å². The molecule has 0 spiro atoms. The molecule has 2 amide bonds. The van der Waals surface area contributed by atoms with Crippen LogP contribution in [0, 0.1) is 5.92 Å². The van der Waals surface area contributed by atoms with Crippen LogP contribution in [0.4, 0.5) is 5.69 Å². The van der Waals surface area contributed by atoms with Crippen LogP contribution in [0.2, 0.25) is 5.02 Å². The predicted molar refractivity (Wildman–Crippen MR) is 78.3 cm³/mol. The van der Waals surface area contributed by atoms with Crippen LogP contribution in [0.5, 0.6) is 0 Å². The highest BCUT2D eigenvalue weighted by Crippen LogP contribution is 2.26. The molecule has 1 fully saturated rings. The van der Waals surface area contributed by atoms with E-state index in [0.29, 0.717) is 5.69 Å². The van der Waals surface area contributed by atoms with Gasteiger partial charge in [0, 0.05) is 11.6 Å². The number of anilines is 1. The average molecular weight is 296 g/mol. The molecule has 108 valence electrons. The van der Waals surface area contributed by atoms with Crippen molar-refractivity contribution in [2.24, 2.45) is 11.8 Å². The lowest BCUT2D eigenvalue weighted by molar-refractivity contribution is -0.120. The lowest BCUT2D eigenvalue weighted by Crippen LogP contribution is -2.30. The summed E-state index contributed by atoms with van der Waals surface area (Å²) in [6.45, 7) is 0. The summed E-state index contributed by atoms with van der Waals surface area (Å²) in [5.74, 6) is 4.71. The van der Waals surface area contributed by atoms with E-state index in [0.717, 1.165) is 25.7 Å². The highest BCUT2D eigenvalue weighted by Gasteiger charge is 2.21. The van der Waals surface area contributed by atoms with Gasteiger partial charge >= 0.3 is 0 Å². The van der Waals surface area contributed by atoms with Gasteiger partial charge in [0.05, 0.1) is 10.6 Å². The number of nitrogens with one attached hydrogen (secondary N) is 2. The van der Waals surface area contributed by atoms with Crippen molar-refractivity contribution in [3.63, 3.8) is 0 Å². The van der Waals surface area contributed by atoms with Crippen molar-refractivity contribution < 1.29 is 9.59 Å². The fraction of sp³-hybridized carbons (Fsp3) is 0.429. The van der Waals surface area contributed by atoms with Crippen molar-refractivity contribution in [1.29, 1.82) is 0 Å². The zero-order valence-electron chi connectivity index (χ0n) is 11.1. The molecule has 0 aliphatic heterocycles. The number of rotatable bonds is 3. The molecular formula is C14H18ClN3O2. The lowest BCUT2D eigenvalue weighted by Gasteiger charge is -2.20. The maximum atomic E-state index is 12.1. The van der Waals surface area contributed by atoms with Gasteiger partial charge in [-0.25, -0.2) is 5.84 Å². The Hall–Kier alpha value is -1.59. The molecule has 0 radical (unpaired) electrons. The molecule has 1 aromatic rings. The van der Waals surface area contributed by atoms with Gasteiger partial charge in [-0.3, -0.25) is 15.0 Å². The molecule has 0 heterocycles. The second-order valence-corrected chi connectivity index (χ2v) is 5.40. The summed E-state index contributed by atoms with van der Waals surface area (Å²) in [6, 6.07) is 4.76. The fourth-order valence-electron chi connectivity index (χ4n) is 2.46. The van der Waals surface area contributed by atoms with Gasteiger partial charge in [0.25, 0.3) is 5.91 Å². The molecule has 6 heteroatoms. The smallest absolute Gasteiger partial charge is 0.266 e. The van der Waals surface area contributed by atoms with Crippen molar-refractivity contribution in [2.75, 3.05) is 5.32 Å². The molecule has 0 atom stereocenters. The van der Waals surface area contributed by atoms with Crippen LogP contribution in [0.25, 0.3) is 0 Å². The van der Waals surface area contributed by atoms with Crippen molar-refractivity contribution in [1.82, 2.24) is 5.43 Å². The van der Waals surface area contributed by atoms with Crippen molar-refractivity contribution in [3.8, 4) is 0 Å². The second-order valence-electron chi connectivity index (χ2n) is 4.99. The highest BCUT2D eigenvalue weighted by atomic mass is 35.5. The third-order valence-corrected chi connectivity index (χ3v) is 3.90. The first kappa shape index (κ1) is 14.8. The van der Waals surface area contributed by atoms with Gasteiger partial charge in [0.2, 0.25) is 5.91 Å². The number of nitrogen functional groups attached to an aromatic ring is 1. The first-order chi connectivity index (χ1) is 9.61. The summed E-state index contributed by atoms with van der Waals surface area (Å²) in [6.07, 6.45) is 5.29. The molecule has 0 aromatic heterocycles. The first-order valence-electron chi connectivity index (χ1n) is 6.73. The van der Waals surface area contributed by atoms with Crippen LogP contribution in [-0.4, -0.2) is 11.8 Å². The second kappa shape index (κ2) is 6.72. The predicted octanol–water partition coefficient (Wildman–Crippen LogP) is 2.46. The van der Waals surface area contributed by atoms with Crippen molar-refractivity contribution in [3.05, 3.63) is 28.8 Å². The Morgan fingerprint density at radius 1 is 1.20 bits per heavy atom. The van der Waals surface area contributed by atoms with E-state index in [1.165, 1.54) is 6.42 Å². The Kier molecular flexibility index (Phi) is 4.98. The standard InChI is InChI=1S/C14H18ClN3O2/c15-12-8-10(6-7-11(12)14(20)18-16)17-13(19)9-4-2-1-3-5-9/h6-9H,1-5,16H2,(H,17,19)(H,18,20). The normalized spacial score (nSPS) is 15.7. The van der Waals surface area contributed by atoms with E-state index in [4.69, 9.17) is 17.4 Å². The average Bonchev–Trinajstić information content (AvgIpc) is 2.47.